The van der Waals surface area contributed by atoms with Gasteiger partial charge in [-0.1, -0.05) is 109 Å². The summed E-state index contributed by atoms with van der Waals surface area (Å²) < 4.78 is 29.4. The summed E-state index contributed by atoms with van der Waals surface area (Å²) in [6, 6.07) is 30.2. The maximum atomic E-state index is 14.5. The van der Waals surface area contributed by atoms with Crippen molar-refractivity contribution < 1.29 is 18.0 Å². The fourth-order valence-corrected chi connectivity index (χ4v) is 6.44. The fourth-order valence-electron chi connectivity index (χ4n) is 5.03. The van der Waals surface area contributed by atoms with Gasteiger partial charge in [-0.15, -0.1) is 0 Å². The second kappa shape index (κ2) is 15.5. The molecule has 0 bridgehead atoms. The zero-order chi connectivity index (χ0) is 32.4. The van der Waals surface area contributed by atoms with Crippen LogP contribution >= 0.6 is 0 Å². The van der Waals surface area contributed by atoms with Gasteiger partial charge in [-0.05, 0) is 62.6 Å². The van der Waals surface area contributed by atoms with E-state index >= 15 is 0 Å². The molecule has 8 heteroatoms. The van der Waals surface area contributed by atoms with E-state index in [4.69, 9.17) is 0 Å². The summed E-state index contributed by atoms with van der Waals surface area (Å²) in [5.74, 6) is -0.741. The standard InChI is InChI=1S/C37H43N3O4S/c1-5-6-24-38-37(42)35(25-31-10-8-7-9-11-31)39(26-32-18-12-28(2)13-19-32)36(41)27-40(33-20-14-29(3)15-21-33)45(43,44)34-22-16-30(4)17-23-34/h7-23,35H,5-6,24-27H2,1-4H3,(H,38,42)/t35-/m0/s1. The first-order chi connectivity index (χ1) is 21.6. The molecule has 0 radical (unpaired) electrons. The van der Waals surface area contributed by atoms with E-state index < -0.39 is 28.5 Å². The Labute approximate surface area is 268 Å². The minimum atomic E-state index is -4.13. The van der Waals surface area contributed by atoms with Crippen molar-refractivity contribution in [3.05, 3.63) is 131 Å². The van der Waals surface area contributed by atoms with Gasteiger partial charge in [0.1, 0.15) is 12.6 Å². The number of amides is 2. The monoisotopic (exact) mass is 625 g/mol. The van der Waals surface area contributed by atoms with Gasteiger partial charge in [0.15, 0.2) is 0 Å². The summed E-state index contributed by atoms with van der Waals surface area (Å²) in [4.78, 5) is 29.9. The first-order valence-corrected chi connectivity index (χ1v) is 16.8. The van der Waals surface area contributed by atoms with Crippen molar-refractivity contribution >= 4 is 27.5 Å². The van der Waals surface area contributed by atoms with Crippen LogP contribution in [0.4, 0.5) is 5.69 Å². The maximum absolute atomic E-state index is 14.5. The van der Waals surface area contributed by atoms with Crippen LogP contribution in [0.2, 0.25) is 0 Å². The van der Waals surface area contributed by atoms with Gasteiger partial charge >= 0.3 is 0 Å². The van der Waals surface area contributed by atoms with E-state index in [-0.39, 0.29) is 23.8 Å². The highest BCUT2D eigenvalue weighted by Gasteiger charge is 2.34. The summed E-state index contributed by atoms with van der Waals surface area (Å²) in [5.41, 5.74) is 5.08. The lowest BCUT2D eigenvalue weighted by molar-refractivity contribution is -0.140. The van der Waals surface area contributed by atoms with Crippen molar-refractivity contribution in [2.24, 2.45) is 0 Å². The van der Waals surface area contributed by atoms with E-state index in [0.717, 1.165) is 45.0 Å². The van der Waals surface area contributed by atoms with Crippen molar-refractivity contribution in [3.8, 4) is 0 Å². The molecule has 7 nitrogen and oxygen atoms in total. The Kier molecular flexibility index (Phi) is 11.5. The first kappa shape index (κ1) is 33.5. The van der Waals surface area contributed by atoms with Crippen LogP contribution in [-0.4, -0.2) is 44.3 Å². The van der Waals surface area contributed by atoms with E-state index in [2.05, 4.69) is 12.2 Å². The molecule has 0 aromatic heterocycles. The van der Waals surface area contributed by atoms with E-state index in [1.165, 1.54) is 4.90 Å². The highest BCUT2D eigenvalue weighted by atomic mass is 32.2. The normalized spacial score (nSPS) is 11.9. The Morgan fingerprint density at radius 2 is 1.29 bits per heavy atom. The third-order valence-corrected chi connectivity index (χ3v) is 9.57. The molecule has 0 fully saturated rings. The summed E-state index contributed by atoms with van der Waals surface area (Å²) in [7, 11) is -4.13. The third-order valence-electron chi connectivity index (χ3n) is 7.78. The molecule has 0 saturated carbocycles. The molecule has 0 aliphatic carbocycles. The minimum Gasteiger partial charge on any atom is -0.354 e. The Balaban J connectivity index is 1.78. The lowest BCUT2D eigenvalue weighted by Gasteiger charge is -2.34. The lowest BCUT2D eigenvalue weighted by Crippen LogP contribution is -2.53. The van der Waals surface area contributed by atoms with E-state index in [9.17, 15) is 18.0 Å². The van der Waals surface area contributed by atoms with E-state index in [1.54, 1.807) is 36.4 Å². The minimum absolute atomic E-state index is 0.0877. The lowest BCUT2D eigenvalue weighted by atomic mass is 10.0. The summed E-state index contributed by atoms with van der Waals surface area (Å²) >= 11 is 0. The predicted octanol–water partition coefficient (Wildman–Crippen LogP) is 6.36. The Morgan fingerprint density at radius 1 is 0.733 bits per heavy atom. The number of carbonyl (C=O) groups is 2. The molecule has 1 atom stereocenters. The van der Waals surface area contributed by atoms with Crippen molar-refractivity contribution in [3.63, 3.8) is 0 Å². The van der Waals surface area contributed by atoms with Crippen molar-refractivity contribution in [1.82, 2.24) is 10.2 Å². The predicted molar refractivity (Wildman–Crippen MR) is 180 cm³/mol. The molecule has 2 amide bonds. The van der Waals surface area contributed by atoms with Crippen molar-refractivity contribution in [1.29, 1.82) is 0 Å². The van der Waals surface area contributed by atoms with E-state index in [1.807, 2.05) is 87.5 Å². The Hall–Kier alpha value is -4.43. The molecule has 4 rings (SSSR count). The first-order valence-electron chi connectivity index (χ1n) is 15.4. The maximum Gasteiger partial charge on any atom is 0.264 e. The number of unbranched alkanes of at least 4 members (excludes halogenated alkanes) is 1. The van der Waals surface area contributed by atoms with Gasteiger partial charge in [-0.3, -0.25) is 13.9 Å². The van der Waals surface area contributed by atoms with Crippen LogP contribution in [0, 0.1) is 20.8 Å². The smallest absolute Gasteiger partial charge is 0.264 e. The second-order valence-corrected chi connectivity index (χ2v) is 13.4. The van der Waals surface area contributed by atoms with Crippen molar-refractivity contribution in [2.75, 3.05) is 17.4 Å². The molecular weight excluding hydrogens is 582 g/mol. The van der Waals surface area contributed by atoms with Gasteiger partial charge in [0, 0.05) is 19.5 Å². The molecule has 4 aromatic carbocycles. The van der Waals surface area contributed by atoms with Gasteiger partial charge in [-0.25, -0.2) is 8.42 Å². The summed E-state index contributed by atoms with van der Waals surface area (Å²) in [6.45, 7) is 8.01. The van der Waals surface area contributed by atoms with Crippen LogP contribution in [0.5, 0.6) is 0 Å². The quantitative estimate of drug-likeness (QED) is 0.165. The number of anilines is 1. The molecule has 1 N–H and O–H groups in total. The molecule has 236 valence electrons. The van der Waals surface area contributed by atoms with Crippen LogP contribution < -0.4 is 9.62 Å². The Morgan fingerprint density at radius 3 is 1.87 bits per heavy atom. The average Bonchev–Trinajstić information content (AvgIpc) is 3.03. The van der Waals surface area contributed by atoms with Crippen LogP contribution in [0.3, 0.4) is 0 Å². The highest BCUT2D eigenvalue weighted by Crippen LogP contribution is 2.26. The number of rotatable bonds is 14. The zero-order valence-corrected chi connectivity index (χ0v) is 27.4. The van der Waals surface area contributed by atoms with Gasteiger partial charge < -0.3 is 10.2 Å². The molecule has 0 heterocycles. The van der Waals surface area contributed by atoms with Crippen LogP contribution in [0.15, 0.2) is 108 Å². The van der Waals surface area contributed by atoms with Crippen LogP contribution in [0.1, 0.15) is 47.6 Å². The topological polar surface area (TPSA) is 86.8 Å². The fraction of sp³-hybridized carbons (Fsp3) is 0.297. The number of hydrogen-bond donors (Lipinski definition) is 1. The number of hydrogen-bond acceptors (Lipinski definition) is 4. The number of benzene rings is 4. The number of aryl methyl sites for hydroxylation is 3. The molecule has 0 saturated heterocycles. The van der Waals surface area contributed by atoms with Gasteiger partial charge in [0.2, 0.25) is 11.8 Å². The number of nitrogens with one attached hydrogen (secondary N) is 1. The highest BCUT2D eigenvalue weighted by molar-refractivity contribution is 7.92. The molecule has 0 aliphatic heterocycles. The molecule has 45 heavy (non-hydrogen) atoms. The third kappa shape index (κ3) is 9.05. The van der Waals surface area contributed by atoms with Gasteiger partial charge in [-0.2, -0.15) is 0 Å². The largest absolute Gasteiger partial charge is 0.354 e. The second-order valence-electron chi connectivity index (χ2n) is 11.5. The summed E-state index contributed by atoms with van der Waals surface area (Å²) in [6.07, 6.45) is 2.01. The SMILES string of the molecule is CCCCNC(=O)[C@H](Cc1ccccc1)N(Cc1ccc(C)cc1)C(=O)CN(c1ccc(C)cc1)S(=O)(=O)c1ccc(C)cc1. The number of carbonyl (C=O) groups excluding carboxylic acids is 2. The molecule has 4 aromatic rings. The summed E-state index contributed by atoms with van der Waals surface area (Å²) in [5, 5.41) is 3.02. The Bertz CT molecular complexity index is 1650. The average molecular weight is 626 g/mol. The molecular formula is C37H43N3O4S. The van der Waals surface area contributed by atoms with Gasteiger partial charge in [0.05, 0.1) is 10.6 Å². The zero-order valence-electron chi connectivity index (χ0n) is 26.6. The van der Waals surface area contributed by atoms with Crippen LogP contribution in [0.25, 0.3) is 0 Å². The number of sulfonamides is 1. The van der Waals surface area contributed by atoms with Gasteiger partial charge in [0.25, 0.3) is 10.0 Å². The van der Waals surface area contributed by atoms with Crippen molar-refractivity contribution in [2.45, 2.75) is 64.4 Å². The van der Waals surface area contributed by atoms with Crippen LogP contribution in [-0.2, 0) is 32.6 Å². The molecule has 0 spiro atoms. The van der Waals surface area contributed by atoms with E-state index in [0.29, 0.717) is 12.2 Å². The number of nitrogens with zero attached hydrogens (tertiary/aromatic N) is 2. The molecule has 0 aliphatic rings. The molecule has 0 unspecified atom stereocenters.